The van der Waals surface area contributed by atoms with Crippen molar-refractivity contribution >= 4 is 22.5 Å². The van der Waals surface area contributed by atoms with Crippen molar-refractivity contribution in [1.82, 2.24) is 20.7 Å². The molecule has 1 saturated carbocycles. The van der Waals surface area contributed by atoms with E-state index in [0.29, 0.717) is 17.6 Å². The van der Waals surface area contributed by atoms with Crippen LogP contribution in [0.15, 0.2) is 4.52 Å². The normalized spacial score (nSPS) is 14.3. The van der Waals surface area contributed by atoms with Gasteiger partial charge < -0.3 is 9.84 Å². The maximum atomic E-state index is 11.8. The van der Waals surface area contributed by atoms with Gasteiger partial charge in [0.25, 0.3) is 0 Å². The van der Waals surface area contributed by atoms with E-state index < -0.39 is 0 Å². The molecule has 1 aliphatic rings. The van der Waals surface area contributed by atoms with Gasteiger partial charge in [0, 0.05) is 18.0 Å². The molecule has 0 aromatic carbocycles. The number of hydrogen-bond donors (Lipinski definition) is 2. The van der Waals surface area contributed by atoms with E-state index in [-0.39, 0.29) is 6.03 Å². The van der Waals surface area contributed by atoms with Crippen molar-refractivity contribution in [1.29, 1.82) is 0 Å². The molecule has 2 heterocycles. The third kappa shape index (κ3) is 2.79. The fraction of sp³-hybridized carbons (Fsp3) is 0.500. The monoisotopic (exact) mass is 293 g/mol. The van der Waals surface area contributed by atoms with Crippen molar-refractivity contribution in [2.75, 3.05) is 5.32 Å². The number of carbonyl (C=O) groups is 1. The molecule has 0 unspecified atom stereocenters. The highest BCUT2D eigenvalue weighted by atomic mass is 32.1. The van der Waals surface area contributed by atoms with Crippen LogP contribution in [0.2, 0.25) is 0 Å². The number of aryl methyl sites for hydroxylation is 2. The minimum atomic E-state index is -0.302. The molecule has 0 spiro atoms. The molecule has 1 fully saturated rings. The summed E-state index contributed by atoms with van der Waals surface area (Å²) in [6, 6.07) is -0.302. The third-order valence-electron chi connectivity index (χ3n) is 3.19. The summed E-state index contributed by atoms with van der Waals surface area (Å²) in [6.07, 6.45) is 2.35. The van der Waals surface area contributed by atoms with Crippen molar-refractivity contribution < 1.29 is 9.32 Å². The van der Waals surface area contributed by atoms with Gasteiger partial charge in [0.1, 0.15) is 10.8 Å². The molecule has 8 heteroatoms. The molecule has 3 rings (SSSR count). The van der Waals surface area contributed by atoms with Crippen molar-refractivity contribution in [3.05, 3.63) is 22.0 Å². The Morgan fingerprint density at radius 1 is 1.40 bits per heavy atom. The van der Waals surface area contributed by atoms with Gasteiger partial charge in [-0.3, -0.25) is 5.32 Å². The van der Waals surface area contributed by atoms with Crippen LogP contribution in [0.5, 0.6) is 0 Å². The zero-order valence-corrected chi connectivity index (χ0v) is 12.1. The summed E-state index contributed by atoms with van der Waals surface area (Å²) >= 11 is 1.44. The minimum Gasteiger partial charge on any atom is -0.361 e. The molecule has 0 bridgehead atoms. The van der Waals surface area contributed by atoms with Crippen LogP contribution in [0.1, 0.15) is 40.8 Å². The lowest BCUT2D eigenvalue weighted by molar-refractivity contribution is 0.251. The number of nitrogens with zero attached hydrogens (tertiary/aromatic N) is 3. The average Bonchev–Trinajstić information content (AvgIpc) is 3.09. The van der Waals surface area contributed by atoms with E-state index in [2.05, 4.69) is 26.0 Å². The number of carbonyl (C=O) groups excluding carboxylic acids is 1. The number of nitrogens with one attached hydrogen (secondary N) is 2. The topological polar surface area (TPSA) is 92.9 Å². The number of aromatic nitrogens is 3. The van der Waals surface area contributed by atoms with E-state index in [1.54, 1.807) is 0 Å². The fourth-order valence-electron chi connectivity index (χ4n) is 1.84. The Balaban J connectivity index is 1.54. The van der Waals surface area contributed by atoms with Crippen LogP contribution in [0, 0.1) is 13.8 Å². The number of amides is 2. The van der Waals surface area contributed by atoms with Crippen LogP contribution in [-0.4, -0.2) is 21.4 Å². The van der Waals surface area contributed by atoms with Crippen molar-refractivity contribution in [2.24, 2.45) is 0 Å². The molecule has 0 aliphatic heterocycles. The molecule has 7 nitrogen and oxygen atoms in total. The largest absolute Gasteiger partial charge is 0.361 e. The van der Waals surface area contributed by atoms with Gasteiger partial charge in [-0.05, 0) is 26.7 Å². The van der Waals surface area contributed by atoms with Crippen LogP contribution in [0.3, 0.4) is 0 Å². The van der Waals surface area contributed by atoms with Crippen LogP contribution in [0.25, 0.3) is 0 Å². The third-order valence-corrected chi connectivity index (χ3v) is 4.20. The standard InChI is InChI=1S/C12H15N5O2S/c1-6-9(7(2)19-17-6)5-13-11(18)14-12-16-15-10(20-12)8-3-4-8/h8H,3-5H2,1-2H3,(H2,13,14,16,18). The lowest BCUT2D eigenvalue weighted by Gasteiger charge is -2.04. The van der Waals surface area contributed by atoms with E-state index in [1.807, 2.05) is 13.8 Å². The molecule has 0 atom stereocenters. The zero-order valence-electron chi connectivity index (χ0n) is 11.3. The first-order valence-electron chi connectivity index (χ1n) is 6.43. The van der Waals surface area contributed by atoms with Gasteiger partial charge in [-0.2, -0.15) is 0 Å². The quantitative estimate of drug-likeness (QED) is 0.902. The van der Waals surface area contributed by atoms with Crippen LogP contribution >= 0.6 is 11.3 Å². The summed E-state index contributed by atoms with van der Waals surface area (Å²) in [5.41, 5.74) is 1.69. The molecular weight excluding hydrogens is 278 g/mol. The van der Waals surface area contributed by atoms with E-state index in [9.17, 15) is 4.79 Å². The Morgan fingerprint density at radius 2 is 2.20 bits per heavy atom. The van der Waals surface area contributed by atoms with Crippen molar-refractivity contribution in [2.45, 2.75) is 39.2 Å². The Kier molecular flexibility index (Phi) is 3.39. The SMILES string of the molecule is Cc1noc(C)c1CNC(=O)Nc1nnc(C2CC2)s1. The van der Waals surface area contributed by atoms with Crippen molar-refractivity contribution in [3.63, 3.8) is 0 Å². The highest BCUT2D eigenvalue weighted by Gasteiger charge is 2.27. The predicted molar refractivity (Wildman–Crippen MR) is 73.7 cm³/mol. The Labute approximate surface area is 119 Å². The average molecular weight is 293 g/mol. The maximum absolute atomic E-state index is 11.8. The van der Waals surface area contributed by atoms with Crippen LogP contribution < -0.4 is 10.6 Å². The molecule has 2 aromatic heterocycles. The van der Waals surface area contributed by atoms with Gasteiger partial charge in [0.05, 0.1) is 5.69 Å². The Hall–Kier alpha value is -1.96. The summed E-state index contributed by atoms with van der Waals surface area (Å²) in [4.78, 5) is 11.8. The van der Waals surface area contributed by atoms with Gasteiger partial charge in [0.15, 0.2) is 0 Å². The Morgan fingerprint density at radius 3 is 2.85 bits per heavy atom. The minimum absolute atomic E-state index is 0.302. The Bertz CT molecular complexity index is 612. The van der Waals surface area contributed by atoms with Gasteiger partial charge in [-0.25, -0.2) is 4.79 Å². The van der Waals surface area contributed by atoms with Crippen molar-refractivity contribution in [3.8, 4) is 0 Å². The fourth-order valence-corrected chi connectivity index (χ4v) is 2.75. The predicted octanol–water partition coefficient (Wildman–Crippen LogP) is 2.34. The molecule has 106 valence electrons. The van der Waals surface area contributed by atoms with Gasteiger partial charge in [-0.1, -0.05) is 16.5 Å². The molecule has 2 N–H and O–H groups in total. The molecule has 2 aromatic rings. The summed E-state index contributed by atoms with van der Waals surface area (Å²) in [5.74, 6) is 1.27. The maximum Gasteiger partial charge on any atom is 0.321 e. The number of rotatable bonds is 4. The lowest BCUT2D eigenvalue weighted by atomic mass is 10.2. The molecule has 0 saturated heterocycles. The number of urea groups is 1. The second-order valence-electron chi connectivity index (χ2n) is 4.83. The molecule has 0 radical (unpaired) electrons. The first-order chi connectivity index (χ1) is 9.63. The highest BCUT2D eigenvalue weighted by Crippen LogP contribution is 2.41. The first-order valence-corrected chi connectivity index (χ1v) is 7.25. The molecular formula is C12H15N5O2S. The molecule has 1 aliphatic carbocycles. The molecule has 20 heavy (non-hydrogen) atoms. The zero-order chi connectivity index (χ0) is 14.1. The smallest absolute Gasteiger partial charge is 0.321 e. The number of hydrogen-bond acceptors (Lipinski definition) is 6. The number of anilines is 1. The van der Waals surface area contributed by atoms with E-state index >= 15 is 0 Å². The summed E-state index contributed by atoms with van der Waals surface area (Å²) in [7, 11) is 0. The summed E-state index contributed by atoms with van der Waals surface area (Å²) in [6.45, 7) is 4.04. The highest BCUT2D eigenvalue weighted by molar-refractivity contribution is 7.15. The second kappa shape index (κ2) is 5.20. The van der Waals surface area contributed by atoms with E-state index in [1.165, 1.54) is 24.2 Å². The van der Waals surface area contributed by atoms with Gasteiger partial charge in [0.2, 0.25) is 5.13 Å². The van der Waals surface area contributed by atoms with Gasteiger partial charge in [-0.15, -0.1) is 10.2 Å². The van der Waals surface area contributed by atoms with Crippen LogP contribution in [-0.2, 0) is 6.54 Å². The van der Waals surface area contributed by atoms with Crippen LogP contribution in [0.4, 0.5) is 9.93 Å². The summed E-state index contributed by atoms with van der Waals surface area (Å²) in [5, 5.41) is 18.9. The van der Waals surface area contributed by atoms with E-state index in [0.717, 1.165) is 22.0 Å². The first kappa shape index (κ1) is 13.0. The van der Waals surface area contributed by atoms with E-state index in [4.69, 9.17) is 4.52 Å². The lowest BCUT2D eigenvalue weighted by Crippen LogP contribution is -2.28. The molecule has 2 amide bonds. The second-order valence-corrected chi connectivity index (χ2v) is 5.84. The summed E-state index contributed by atoms with van der Waals surface area (Å²) < 4.78 is 5.04. The van der Waals surface area contributed by atoms with Gasteiger partial charge >= 0.3 is 6.03 Å².